The lowest BCUT2D eigenvalue weighted by Crippen LogP contribution is -2.24. The van der Waals surface area contributed by atoms with Gasteiger partial charge < -0.3 is 4.90 Å². The van der Waals surface area contributed by atoms with Gasteiger partial charge in [0.05, 0.1) is 5.69 Å². The first-order valence-electron chi connectivity index (χ1n) is 6.41. The molecule has 1 heterocycles. The number of carbonyl (C=O) groups excluding carboxylic acids is 1. The number of amides is 1. The Kier molecular flexibility index (Phi) is 3.03. The Bertz CT molecular complexity index is 624. The van der Waals surface area contributed by atoms with Crippen LogP contribution in [0.25, 0.3) is 11.1 Å². The molecule has 0 aromatic heterocycles. The lowest BCUT2D eigenvalue weighted by Gasteiger charge is -2.20. The monoisotopic (exact) mass is 255 g/mol. The topological polar surface area (TPSA) is 20.3 Å². The van der Waals surface area contributed by atoms with E-state index in [1.165, 1.54) is 6.07 Å². The van der Waals surface area contributed by atoms with Crippen LogP contribution in [0, 0.1) is 5.82 Å². The van der Waals surface area contributed by atoms with Crippen LogP contribution in [0.4, 0.5) is 10.1 Å². The van der Waals surface area contributed by atoms with E-state index in [1.807, 2.05) is 24.3 Å². The summed E-state index contributed by atoms with van der Waals surface area (Å²) in [5.74, 6) is -0.148. The molecule has 1 aliphatic rings. The van der Waals surface area contributed by atoms with Crippen LogP contribution in [0.15, 0.2) is 48.5 Å². The van der Waals surface area contributed by atoms with E-state index in [9.17, 15) is 9.18 Å². The van der Waals surface area contributed by atoms with Gasteiger partial charge in [0.1, 0.15) is 5.82 Å². The Morgan fingerprint density at radius 1 is 0.947 bits per heavy atom. The van der Waals surface area contributed by atoms with E-state index < -0.39 is 0 Å². The molecule has 3 rings (SSSR count). The van der Waals surface area contributed by atoms with E-state index in [0.29, 0.717) is 18.5 Å². The van der Waals surface area contributed by atoms with Crippen molar-refractivity contribution in [2.24, 2.45) is 0 Å². The van der Waals surface area contributed by atoms with E-state index in [1.54, 1.807) is 23.1 Å². The second kappa shape index (κ2) is 4.84. The molecule has 2 aromatic carbocycles. The molecule has 96 valence electrons. The van der Waals surface area contributed by atoms with Gasteiger partial charge in [-0.3, -0.25) is 4.79 Å². The van der Waals surface area contributed by atoms with Crippen molar-refractivity contribution in [2.75, 3.05) is 11.4 Å². The number of benzene rings is 2. The molecule has 0 atom stereocenters. The molecule has 2 aromatic rings. The minimum atomic E-state index is -0.262. The molecule has 0 radical (unpaired) electrons. The van der Waals surface area contributed by atoms with E-state index in [4.69, 9.17) is 0 Å². The maximum Gasteiger partial charge on any atom is 0.227 e. The Morgan fingerprint density at radius 3 is 2.32 bits per heavy atom. The van der Waals surface area contributed by atoms with Crippen molar-refractivity contribution >= 4 is 11.6 Å². The van der Waals surface area contributed by atoms with E-state index in [2.05, 4.69) is 0 Å². The Labute approximate surface area is 111 Å². The number of hydrogen-bond donors (Lipinski definition) is 0. The van der Waals surface area contributed by atoms with Gasteiger partial charge in [-0.1, -0.05) is 36.4 Å². The number of anilines is 1. The maximum absolute atomic E-state index is 13.9. The molecule has 0 unspecified atom stereocenters. The summed E-state index contributed by atoms with van der Waals surface area (Å²) in [4.78, 5) is 13.6. The third-order valence-corrected chi connectivity index (χ3v) is 3.43. The lowest BCUT2D eigenvalue weighted by atomic mass is 10.0. The zero-order valence-electron chi connectivity index (χ0n) is 10.5. The van der Waals surface area contributed by atoms with Crippen molar-refractivity contribution in [3.8, 4) is 11.1 Å². The first kappa shape index (κ1) is 11.9. The summed E-state index contributed by atoms with van der Waals surface area (Å²) < 4.78 is 13.9. The number of halogens is 1. The van der Waals surface area contributed by atoms with Crippen molar-refractivity contribution in [1.29, 1.82) is 0 Å². The van der Waals surface area contributed by atoms with Crippen LogP contribution >= 0.6 is 0 Å². The third-order valence-electron chi connectivity index (χ3n) is 3.43. The molecule has 0 spiro atoms. The molecule has 1 amide bonds. The second-order valence-electron chi connectivity index (χ2n) is 4.65. The van der Waals surface area contributed by atoms with E-state index in [0.717, 1.165) is 17.7 Å². The fraction of sp³-hybridized carbons (Fsp3) is 0.188. The quantitative estimate of drug-likeness (QED) is 0.802. The molecule has 0 aliphatic carbocycles. The summed E-state index contributed by atoms with van der Waals surface area (Å²) in [5.41, 5.74) is 2.11. The fourth-order valence-electron chi connectivity index (χ4n) is 2.52. The normalized spacial score (nSPS) is 15.0. The van der Waals surface area contributed by atoms with Crippen LogP contribution in [0.1, 0.15) is 12.8 Å². The Hall–Kier alpha value is -2.16. The summed E-state index contributed by atoms with van der Waals surface area (Å²) in [6.45, 7) is 0.713. The van der Waals surface area contributed by atoms with Crippen LogP contribution in [0.2, 0.25) is 0 Å². The Balaban J connectivity index is 2.12. The molecule has 2 nitrogen and oxygen atoms in total. The highest BCUT2D eigenvalue weighted by atomic mass is 19.1. The van der Waals surface area contributed by atoms with Gasteiger partial charge in [-0.05, 0) is 18.6 Å². The number of rotatable bonds is 2. The molecular formula is C16H14FNO. The van der Waals surface area contributed by atoms with Gasteiger partial charge in [-0.15, -0.1) is 0 Å². The number of nitrogens with zero attached hydrogens (tertiary/aromatic N) is 1. The average Bonchev–Trinajstić information content (AvgIpc) is 2.86. The molecule has 1 fully saturated rings. The van der Waals surface area contributed by atoms with Gasteiger partial charge in [0.25, 0.3) is 0 Å². The van der Waals surface area contributed by atoms with Gasteiger partial charge >= 0.3 is 0 Å². The van der Waals surface area contributed by atoms with Crippen LogP contribution < -0.4 is 4.90 Å². The Morgan fingerprint density at radius 2 is 1.63 bits per heavy atom. The van der Waals surface area contributed by atoms with Crippen molar-refractivity contribution in [3.05, 3.63) is 54.3 Å². The zero-order valence-corrected chi connectivity index (χ0v) is 10.5. The number of hydrogen-bond acceptors (Lipinski definition) is 1. The van der Waals surface area contributed by atoms with Crippen molar-refractivity contribution < 1.29 is 9.18 Å². The molecular weight excluding hydrogens is 241 g/mol. The molecule has 1 saturated heterocycles. The van der Waals surface area contributed by atoms with Crippen molar-refractivity contribution in [3.63, 3.8) is 0 Å². The van der Waals surface area contributed by atoms with Gasteiger partial charge in [-0.2, -0.15) is 0 Å². The van der Waals surface area contributed by atoms with Gasteiger partial charge in [-0.25, -0.2) is 4.39 Å². The zero-order chi connectivity index (χ0) is 13.2. The minimum absolute atomic E-state index is 0.115. The molecule has 0 bridgehead atoms. The smallest absolute Gasteiger partial charge is 0.227 e. The standard InChI is InChI=1S/C16H14FNO/c17-14-8-3-1-6-12(14)13-7-2-4-9-15(13)18-11-5-10-16(18)19/h1-4,6-9H,5,10-11H2. The summed E-state index contributed by atoms with van der Waals surface area (Å²) in [7, 11) is 0. The number of para-hydroxylation sites is 1. The molecule has 3 heteroatoms. The molecule has 19 heavy (non-hydrogen) atoms. The predicted octanol–water partition coefficient (Wildman–Crippen LogP) is 3.62. The molecule has 1 aliphatic heterocycles. The van der Waals surface area contributed by atoms with Crippen molar-refractivity contribution in [1.82, 2.24) is 0 Å². The van der Waals surface area contributed by atoms with Crippen LogP contribution in [0.3, 0.4) is 0 Å². The summed E-state index contributed by atoms with van der Waals surface area (Å²) in [6, 6.07) is 14.2. The van der Waals surface area contributed by atoms with Crippen LogP contribution in [-0.2, 0) is 4.79 Å². The van der Waals surface area contributed by atoms with Crippen molar-refractivity contribution in [2.45, 2.75) is 12.8 Å². The highest BCUT2D eigenvalue weighted by Crippen LogP contribution is 2.34. The van der Waals surface area contributed by atoms with E-state index >= 15 is 0 Å². The molecule has 0 N–H and O–H groups in total. The SMILES string of the molecule is O=C1CCCN1c1ccccc1-c1ccccc1F. The van der Waals surface area contributed by atoms with Gasteiger partial charge in [0, 0.05) is 24.1 Å². The number of carbonyl (C=O) groups is 1. The van der Waals surface area contributed by atoms with Gasteiger partial charge in [0.15, 0.2) is 0 Å². The largest absolute Gasteiger partial charge is 0.312 e. The minimum Gasteiger partial charge on any atom is -0.312 e. The third kappa shape index (κ3) is 2.12. The summed E-state index contributed by atoms with van der Waals surface area (Å²) in [6.07, 6.45) is 1.44. The highest BCUT2D eigenvalue weighted by Gasteiger charge is 2.24. The predicted molar refractivity (Wildman–Crippen MR) is 73.4 cm³/mol. The molecule has 0 saturated carbocycles. The van der Waals surface area contributed by atoms with Crippen LogP contribution in [-0.4, -0.2) is 12.5 Å². The summed E-state index contributed by atoms with van der Waals surface area (Å²) in [5, 5.41) is 0. The maximum atomic E-state index is 13.9. The van der Waals surface area contributed by atoms with Gasteiger partial charge in [0.2, 0.25) is 5.91 Å². The lowest BCUT2D eigenvalue weighted by molar-refractivity contribution is -0.117. The first-order valence-corrected chi connectivity index (χ1v) is 6.41. The summed E-state index contributed by atoms with van der Waals surface area (Å²) >= 11 is 0. The second-order valence-corrected chi connectivity index (χ2v) is 4.65. The fourth-order valence-corrected chi connectivity index (χ4v) is 2.52. The highest BCUT2D eigenvalue weighted by molar-refractivity contribution is 5.99. The van der Waals surface area contributed by atoms with E-state index in [-0.39, 0.29) is 11.7 Å². The van der Waals surface area contributed by atoms with Crippen LogP contribution in [0.5, 0.6) is 0 Å². The first-order chi connectivity index (χ1) is 9.27. The average molecular weight is 255 g/mol.